The van der Waals surface area contributed by atoms with Gasteiger partial charge in [-0.25, -0.2) is 0 Å². The highest BCUT2D eigenvalue weighted by atomic mass is 32.1. The summed E-state index contributed by atoms with van der Waals surface area (Å²) < 4.78 is 0. The van der Waals surface area contributed by atoms with E-state index in [1.165, 1.54) is 12.1 Å². The van der Waals surface area contributed by atoms with Gasteiger partial charge >= 0.3 is 0 Å². The standard InChI is InChI=1S/C9H10N4O2S/c1-10-9(16)12-11-6-7-3-2-4-8(5-7)13(14)15/h2-6H,1H3,(H2,10,12,16)/p+1. The number of benzene rings is 1. The molecule has 0 saturated heterocycles. The number of hydrazone groups is 1. The number of nitrogens with one attached hydrogen (secondary N) is 3. The molecule has 0 bridgehead atoms. The molecule has 0 aliphatic heterocycles. The van der Waals surface area contributed by atoms with Gasteiger partial charge in [-0.3, -0.25) is 10.1 Å². The first-order valence-corrected chi connectivity index (χ1v) is 4.85. The highest BCUT2D eigenvalue weighted by Crippen LogP contribution is 2.10. The first kappa shape index (κ1) is 12.1. The number of nitrogens with zero attached hydrogens (tertiary/aromatic N) is 1. The zero-order chi connectivity index (χ0) is 12.0. The molecule has 1 aromatic carbocycles. The predicted molar refractivity (Wildman–Crippen MR) is 64.0 cm³/mol. The second-order valence-corrected chi connectivity index (χ2v) is 3.25. The molecular weight excluding hydrogens is 228 g/mol. The lowest BCUT2D eigenvalue weighted by atomic mass is 10.2. The van der Waals surface area contributed by atoms with Crippen LogP contribution in [-0.4, -0.2) is 23.3 Å². The maximum atomic E-state index is 10.5. The minimum absolute atomic E-state index is 0.0479. The van der Waals surface area contributed by atoms with E-state index >= 15 is 0 Å². The molecule has 0 aromatic heterocycles. The first-order valence-electron chi connectivity index (χ1n) is 4.44. The summed E-state index contributed by atoms with van der Waals surface area (Å²) in [4.78, 5) is 10.1. The lowest BCUT2D eigenvalue weighted by Crippen LogP contribution is -2.82. The summed E-state index contributed by atoms with van der Waals surface area (Å²) in [6, 6.07) is 6.24. The highest BCUT2D eigenvalue weighted by molar-refractivity contribution is 7.80. The maximum absolute atomic E-state index is 10.5. The molecule has 6 nitrogen and oxygen atoms in total. The highest BCUT2D eigenvalue weighted by Gasteiger charge is 2.05. The monoisotopic (exact) mass is 239 g/mol. The molecule has 0 unspecified atom stereocenters. The Morgan fingerprint density at radius 2 is 2.38 bits per heavy atom. The van der Waals surface area contributed by atoms with E-state index in [1.54, 1.807) is 25.4 Å². The molecule has 0 aliphatic carbocycles. The van der Waals surface area contributed by atoms with Gasteiger partial charge in [-0.15, -0.1) is 10.5 Å². The number of hydrogen-bond acceptors (Lipinski definition) is 3. The van der Waals surface area contributed by atoms with Crippen molar-refractivity contribution in [1.29, 1.82) is 0 Å². The van der Waals surface area contributed by atoms with Crippen molar-refractivity contribution in [2.24, 2.45) is 0 Å². The molecule has 0 atom stereocenters. The van der Waals surface area contributed by atoms with Crippen LogP contribution in [0.25, 0.3) is 0 Å². The van der Waals surface area contributed by atoms with Crippen molar-refractivity contribution >= 4 is 29.2 Å². The molecule has 3 N–H and O–H groups in total. The number of nitro groups is 1. The smallest absolute Gasteiger partial charge is 0.270 e. The van der Waals surface area contributed by atoms with Crippen LogP contribution < -0.4 is 15.8 Å². The van der Waals surface area contributed by atoms with Crippen LogP contribution in [0.2, 0.25) is 0 Å². The molecule has 1 rings (SSSR count). The first-order chi connectivity index (χ1) is 7.63. The minimum Gasteiger partial charge on any atom is -0.361 e. The van der Waals surface area contributed by atoms with Crippen molar-refractivity contribution in [2.75, 3.05) is 7.05 Å². The second kappa shape index (κ2) is 5.76. The topological polar surface area (TPSA) is 81.2 Å². The van der Waals surface area contributed by atoms with E-state index < -0.39 is 4.92 Å². The molecule has 16 heavy (non-hydrogen) atoms. The molecule has 0 amide bonds. The van der Waals surface area contributed by atoms with Crippen molar-refractivity contribution in [2.45, 2.75) is 0 Å². The van der Waals surface area contributed by atoms with Gasteiger partial charge in [0.25, 0.3) is 5.69 Å². The Hall–Kier alpha value is -2.02. The molecule has 0 radical (unpaired) electrons. The van der Waals surface area contributed by atoms with Crippen LogP contribution in [-0.2, 0) is 0 Å². The van der Waals surface area contributed by atoms with Crippen LogP contribution in [0.5, 0.6) is 0 Å². The molecular formula is C9H11N4O2S+. The number of thiocarbonyl (C=S) groups is 1. The second-order valence-electron chi connectivity index (χ2n) is 2.84. The van der Waals surface area contributed by atoms with E-state index in [0.717, 1.165) is 0 Å². The Morgan fingerprint density at radius 3 is 3.00 bits per heavy atom. The van der Waals surface area contributed by atoms with Gasteiger partial charge < -0.3 is 5.32 Å². The van der Waals surface area contributed by atoms with Gasteiger partial charge in [0.15, 0.2) is 6.21 Å². The minimum atomic E-state index is -0.441. The van der Waals surface area contributed by atoms with Crippen LogP contribution in [0.15, 0.2) is 24.3 Å². The molecule has 1 aromatic rings. The van der Waals surface area contributed by atoms with Crippen molar-refractivity contribution in [3.05, 3.63) is 39.9 Å². The van der Waals surface area contributed by atoms with Gasteiger partial charge in [-0.1, -0.05) is 6.07 Å². The molecule has 0 spiro atoms. The maximum Gasteiger partial charge on any atom is 0.270 e. The fourth-order valence-electron chi connectivity index (χ4n) is 0.976. The number of nitro benzene ring substituents is 1. The predicted octanol–water partition coefficient (Wildman–Crippen LogP) is -0.897. The molecule has 0 fully saturated rings. The largest absolute Gasteiger partial charge is 0.361 e. The van der Waals surface area contributed by atoms with Gasteiger partial charge in [0.05, 0.1) is 4.92 Å². The quantitative estimate of drug-likeness (QED) is 0.276. The fourth-order valence-corrected chi connectivity index (χ4v) is 1.03. The van der Waals surface area contributed by atoms with Crippen LogP contribution in [0.4, 0.5) is 5.69 Å². The number of hydrazine groups is 1. The molecule has 0 saturated carbocycles. The van der Waals surface area contributed by atoms with Crippen LogP contribution in [0.3, 0.4) is 0 Å². The summed E-state index contributed by atoms with van der Waals surface area (Å²) in [5.74, 6) is 0. The van der Waals surface area contributed by atoms with Gasteiger partial charge in [0.2, 0.25) is 5.11 Å². The summed E-state index contributed by atoms with van der Waals surface area (Å²) in [5, 5.41) is 16.4. The van der Waals surface area contributed by atoms with E-state index in [4.69, 9.17) is 12.2 Å². The average molecular weight is 239 g/mol. The van der Waals surface area contributed by atoms with E-state index in [1.807, 2.05) is 0 Å². The van der Waals surface area contributed by atoms with Crippen molar-refractivity contribution in [3.63, 3.8) is 0 Å². The SMILES string of the molecule is CNC(=S)N[NH+]=Cc1cccc([N+](=O)[O-])c1. The Labute approximate surface area is 97.5 Å². The van der Waals surface area contributed by atoms with Gasteiger partial charge in [-0.05, 0) is 18.3 Å². The third kappa shape index (κ3) is 3.62. The third-order valence-electron chi connectivity index (χ3n) is 1.73. The number of non-ortho nitro benzene ring substituents is 1. The Kier molecular flexibility index (Phi) is 4.34. The van der Waals surface area contributed by atoms with Crippen LogP contribution in [0, 0.1) is 10.1 Å². The average Bonchev–Trinajstić information content (AvgIpc) is 2.29. The van der Waals surface area contributed by atoms with Crippen molar-refractivity contribution < 1.29 is 10.0 Å². The lowest BCUT2D eigenvalue weighted by molar-refractivity contribution is -0.500. The van der Waals surface area contributed by atoms with Gasteiger partial charge in [0.1, 0.15) is 0 Å². The normalized spacial score (nSPS) is 10.1. The van der Waals surface area contributed by atoms with Gasteiger partial charge in [0, 0.05) is 24.7 Å². The molecule has 0 heterocycles. The van der Waals surface area contributed by atoms with Crippen LogP contribution >= 0.6 is 12.2 Å². The third-order valence-corrected chi connectivity index (χ3v) is 2.04. The Balaban J connectivity index is 2.70. The summed E-state index contributed by atoms with van der Waals surface area (Å²) >= 11 is 4.83. The van der Waals surface area contributed by atoms with E-state index in [0.29, 0.717) is 10.7 Å². The van der Waals surface area contributed by atoms with Crippen LogP contribution in [0.1, 0.15) is 5.56 Å². The zero-order valence-corrected chi connectivity index (χ0v) is 9.38. The lowest BCUT2D eigenvalue weighted by Gasteiger charge is -1.94. The zero-order valence-electron chi connectivity index (χ0n) is 8.56. The summed E-state index contributed by atoms with van der Waals surface area (Å²) in [6.45, 7) is 0. The van der Waals surface area contributed by atoms with Crippen molar-refractivity contribution in [3.8, 4) is 0 Å². The molecule has 84 valence electrons. The van der Waals surface area contributed by atoms with Crippen molar-refractivity contribution in [1.82, 2.24) is 10.7 Å². The van der Waals surface area contributed by atoms with Gasteiger partial charge in [-0.2, -0.15) is 0 Å². The van der Waals surface area contributed by atoms with E-state index in [2.05, 4.69) is 15.8 Å². The fraction of sp³-hybridized carbons (Fsp3) is 0.111. The summed E-state index contributed by atoms with van der Waals surface area (Å²) in [5.41, 5.74) is 3.40. The molecule has 0 aliphatic rings. The Bertz CT molecular complexity index is 433. The number of rotatable bonds is 3. The summed E-state index contributed by atoms with van der Waals surface area (Å²) in [7, 11) is 1.68. The van der Waals surface area contributed by atoms with E-state index in [-0.39, 0.29) is 5.69 Å². The summed E-state index contributed by atoms with van der Waals surface area (Å²) in [6.07, 6.45) is 1.58. The van der Waals surface area contributed by atoms with E-state index in [9.17, 15) is 10.1 Å². The molecule has 7 heteroatoms. The number of hydrogen-bond donors (Lipinski definition) is 3. The Morgan fingerprint density at radius 1 is 1.62 bits per heavy atom.